The number of halogens is 3. The van der Waals surface area contributed by atoms with Crippen molar-refractivity contribution in [3.63, 3.8) is 0 Å². The Kier molecular flexibility index (Phi) is 19.9. The Morgan fingerprint density at radius 2 is 1.41 bits per heavy atom. The summed E-state index contributed by atoms with van der Waals surface area (Å²) >= 11 is 0. The average Bonchev–Trinajstić information content (AvgIpc) is 3.33. The minimum Gasteiger partial charge on any atom is -0.511 e. The van der Waals surface area contributed by atoms with E-state index >= 15 is 0 Å². The van der Waals surface area contributed by atoms with Gasteiger partial charge in [0.25, 0.3) is 32.0 Å². The van der Waals surface area contributed by atoms with Crippen molar-refractivity contribution >= 4 is 71.3 Å². The van der Waals surface area contributed by atoms with Crippen LogP contribution in [0.15, 0.2) is 107 Å². The van der Waals surface area contributed by atoms with Crippen LogP contribution in [-0.4, -0.2) is 86.4 Å². The maximum absolute atomic E-state index is 14.8. The van der Waals surface area contributed by atoms with Gasteiger partial charge in [0.15, 0.2) is 12.1 Å². The van der Waals surface area contributed by atoms with Crippen LogP contribution >= 0.6 is 0 Å². The van der Waals surface area contributed by atoms with Crippen LogP contribution in [0.5, 0.6) is 5.75 Å². The molecule has 4 aromatic carbocycles. The van der Waals surface area contributed by atoms with Crippen molar-refractivity contribution in [2.24, 2.45) is 0 Å². The molecule has 73 heavy (non-hydrogen) atoms. The maximum atomic E-state index is 14.8. The quantitative estimate of drug-likeness (QED) is 0.00576. The monoisotopic (exact) mass is 1050 g/mol. The molecule has 0 aliphatic carbocycles. The molecule has 4 amide bonds. The molecule has 0 saturated heterocycles. The number of sulfonamides is 1. The number of nitrogens with one attached hydrogen (secondary N) is 3. The van der Waals surface area contributed by atoms with Gasteiger partial charge in [-0.2, -0.15) is 31.4 Å². The molecule has 0 unspecified atom stereocenters. The van der Waals surface area contributed by atoms with Crippen LogP contribution in [0.4, 0.5) is 18.9 Å². The van der Waals surface area contributed by atoms with Crippen LogP contribution < -0.4 is 25.3 Å². The van der Waals surface area contributed by atoms with E-state index in [1.165, 1.54) is 12.1 Å². The molecule has 5 aromatic rings. The third-order valence-electron chi connectivity index (χ3n) is 11.3. The van der Waals surface area contributed by atoms with Crippen molar-refractivity contribution in [2.75, 3.05) is 37.3 Å². The minimum atomic E-state index is -4.80. The lowest BCUT2D eigenvalue weighted by molar-refractivity contribution is -0.645. The summed E-state index contributed by atoms with van der Waals surface area (Å²) in [5.41, 5.74) is 0.0183. The van der Waals surface area contributed by atoms with Crippen LogP contribution in [0.3, 0.4) is 0 Å². The average molecular weight is 1050 g/mol. The van der Waals surface area contributed by atoms with Gasteiger partial charge in [-0.15, -0.1) is 12.3 Å². The van der Waals surface area contributed by atoms with E-state index in [4.69, 9.17) is 11.2 Å². The summed E-state index contributed by atoms with van der Waals surface area (Å²) in [6, 6.07) is 23.7. The number of fused-ring (bicyclic) bond motifs is 2. The van der Waals surface area contributed by atoms with Crippen molar-refractivity contribution in [2.45, 2.75) is 82.3 Å². The fourth-order valence-corrected chi connectivity index (χ4v) is 9.61. The van der Waals surface area contributed by atoms with E-state index in [2.05, 4.69) is 21.9 Å². The Bertz CT molecular complexity index is 3130. The SMILES string of the molecule is C#CCC/C(O)=C(\C#N)C(=O)Nc1ccc(C(F)(F)F)c(OCCCCCC(=O)NCCNC(=O)CCCN(C(=O)c2c3ccccc3[n+](CCCS(=O)(=O)O)c3ccccc23)S(=O)(=O)c2ccc(C)cc2)c1. The van der Waals surface area contributed by atoms with E-state index in [1.54, 1.807) is 78.2 Å². The molecule has 0 aliphatic heterocycles. The van der Waals surface area contributed by atoms with Crippen LogP contribution in [0.2, 0.25) is 0 Å². The number of aromatic nitrogens is 1. The van der Waals surface area contributed by atoms with Crippen molar-refractivity contribution in [1.82, 2.24) is 14.9 Å². The molecule has 0 saturated carbocycles. The highest BCUT2D eigenvalue weighted by molar-refractivity contribution is 7.89. The number of aliphatic hydroxyl groups excluding tert-OH is 1. The topological polar surface area (TPSA) is 253 Å². The van der Waals surface area contributed by atoms with E-state index in [0.29, 0.717) is 40.7 Å². The van der Waals surface area contributed by atoms with Crippen LogP contribution in [-0.2, 0) is 47.2 Å². The molecule has 5 N–H and O–H groups in total. The van der Waals surface area contributed by atoms with Gasteiger partial charge in [-0.05, 0) is 69.0 Å². The molecule has 0 bridgehead atoms. The molecule has 5 rings (SSSR count). The highest BCUT2D eigenvalue weighted by Crippen LogP contribution is 2.38. The molecule has 17 nitrogen and oxygen atoms in total. The van der Waals surface area contributed by atoms with E-state index in [1.807, 2.05) is 0 Å². The van der Waals surface area contributed by atoms with E-state index in [9.17, 15) is 64.1 Å². The van der Waals surface area contributed by atoms with Crippen molar-refractivity contribution < 1.29 is 68.1 Å². The number of nitrogens with zero attached hydrogens (tertiary/aromatic N) is 3. The van der Waals surface area contributed by atoms with Gasteiger partial charge < -0.3 is 25.8 Å². The van der Waals surface area contributed by atoms with Gasteiger partial charge in [0, 0.05) is 75.6 Å². The molecular weight excluding hydrogens is 994 g/mol. The predicted octanol–water partition coefficient (Wildman–Crippen LogP) is 7.06. The summed E-state index contributed by atoms with van der Waals surface area (Å²) in [7, 11) is -8.75. The number of carbonyl (C=O) groups is 4. The zero-order valence-corrected chi connectivity index (χ0v) is 41.3. The molecule has 0 radical (unpaired) electrons. The largest absolute Gasteiger partial charge is 0.511 e. The Morgan fingerprint density at radius 1 is 0.808 bits per heavy atom. The molecular formula is C51H54F3N6O11S2+. The number of rotatable bonds is 25. The first-order chi connectivity index (χ1) is 34.7. The normalized spacial score (nSPS) is 12.0. The number of alkyl halides is 3. The van der Waals surface area contributed by atoms with Crippen molar-refractivity contribution in [1.29, 1.82) is 5.26 Å². The third kappa shape index (κ3) is 15.7. The molecule has 1 heterocycles. The summed E-state index contributed by atoms with van der Waals surface area (Å²) in [6.07, 6.45) is 1.10. The summed E-state index contributed by atoms with van der Waals surface area (Å²) in [5.74, 6) is -2.12. The van der Waals surface area contributed by atoms with Gasteiger partial charge in [-0.25, -0.2) is 12.7 Å². The lowest BCUT2D eigenvalue weighted by Gasteiger charge is -2.24. The van der Waals surface area contributed by atoms with E-state index in [0.717, 1.165) is 22.0 Å². The number of unbranched alkanes of at least 4 members (excludes halogenated alkanes) is 2. The second kappa shape index (κ2) is 25.7. The van der Waals surface area contributed by atoms with Crippen molar-refractivity contribution in [3.05, 3.63) is 119 Å². The summed E-state index contributed by atoms with van der Waals surface area (Å²) in [5, 5.41) is 27.7. The number of aliphatic hydroxyl groups is 1. The Morgan fingerprint density at radius 3 is 1.99 bits per heavy atom. The van der Waals surface area contributed by atoms with E-state index in [-0.39, 0.29) is 99.8 Å². The zero-order chi connectivity index (χ0) is 53.3. The fraction of sp³-hybridized carbons (Fsp3) is 0.333. The van der Waals surface area contributed by atoms with E-state index < -0.39 is 72.4 Å². The predicted molar refractivity (Wildman–Crippen MR) is 265 cm³/mol. The summed E-state index contributed by atoms with van der Waals surface area (Å²) < 4.78 is 110. The van der Waals surface area contributed by atoms with Crippen LogP contribution in [0, 0.1) is 30.6 Å². The van der Waals surface area contributed by atoms with Crippen LogP contribution in [0.1, 0.15) is 79.3 Å². The number of terminal acetylenes is 1. The highest BCUT2D eigenvalue weighted by atomic mass is 32.2. The number of amides is 4. The van der Waals surface area contributed by atoms with Gasteiger partial charge in [0.05, 0.1) is 39.2 Å². The number of hydrogen-bond donors (Lipinski definition) is 5. The summed E-state index contributed by atoms with van der Waals surface area (Å²) in [4.78, 5) is 52.7. The fourth-order valence-electron chi connectivity index (χ4n) is 7.70. The zero-order valence-electron chi connectivity index (χ0n) is 39.7. The molecule has 0 atom stereocenters. The number of anilines is 1. The van der Waals surface area contributed by atoms with Gasteiger partial charge in [0.2, 0.25) is 22.8 Å². The van der Waals surface area contributed by atoms with Crippen LogP contribution in [0.25, 0.3) is 21.8 Å². The number of nitriles is 1. The number of benzene rings is 4. The molecule has 0 spiro atoms. The standard InChI is InChI=1S/C51H53F3N6O11S2/c1-3-4-18-44(61)40(34-55)49(64)58-36-23-26-41(51(52,53)54)45(33-36)71-31-11-5-6-19-46(62)56-27-28-57-47(63)20-12-30-60(73(69,70)37-24-21-35(2)22-25-37)50(65)48-38-14-7-9-16-42(38)59(29-13-32-72(66,67)68)43-17-10-8-15-39(43)48/h1,7-10,14-17,21-26,33H,4-6,11-13,18-20,27-32H2,2H3,(H4-,56,57,58,61,62,63,64,66,67,68)/p+1. The number of ether oxygens (including phenoxy) is 1. The second-order valence-electron chi connectivity index (χ2n) is 16.7. The van der Waals surface area contributed by atoms with Gasteiger partial charge in [0.1, 0.15) is 17.6 Å². The Labute approximate surface area is 420 Å². The molecule has 22 heteroatoms. The first kappa shape index (κ1) is 56.4. The first-order valence-corrected chi connectivity index (χ1v) is 26.1. The number of hydrogen-bond acceptors (Lipinski definition) is 11. The molecule has 386 valence electrons. The number of aryl methyl sites for hydroxylation is 2. The minimum absolute atomic E-state index is 0.0249. The second-order valence-corrected chi connectivity index (χ2v) is 20.1. The number of para-hydroxylation sites is 2. The van der Waals surface area contributed by atoms with Gasteiger partial charge >= 0.3 is 6.18 Å². The number of pyridine rings is 1. The number of carbonyl (C=O) groups excluding carboxylic acids is 4. The molecule has 0 aliphatic rings. The molecule has 1 aromatic heterocycles. The molecule has 0 fully saturated rings. The third-order valence-corrected chi connectivity index (χ3v) is 13.9. The number of allylic oxidation sites excluding steroid dienone is 1. The first-order valence-electron chi connectivity index (χ1n) is 23.0. The lowest BCUT2D eigenvalue weighted by atomic mass is 10.0. The summed E-state index contributed by atoms with van der Waals surface area (Å²) in [6.45, 7) is 1.45. The Balaban J connectivity index is 1.14. The van der Waals surface area contributed by atoms with Gasteiger partial charge in [-0.3, -0.25) is 23.7 Å². The smallest absolute Gasteiger partial charge is 0.419 e. The Hall–Kier alpha value is -7.53. The highest BCUT2D eigenvalue weighted by Gasteiger charge is 2.36. The van der Waals surface area contributed by atoms with Crippen molar-refractivity contribution in [3.8, 4) is 24.2 Å². The van der Waals surface area contributed by atoms with Gasteiger partial charge in [-0.1, -0.05) is 42.0 Å². The lowest BCUT2D eigenvalue weighted by Crippen LogP contribution is -2.41. The maximum Gasteiger partial charge on any atom is 0.419 e.